The molecule has 2 heterocycles. The van der Waals surface area contributed by atoms with Crippen LogP contribution in [0.25, 0.3) is 17.2 Å². The lowest BCUT2D eigenvalue weighted by Crippen LogP contribution is -2.17. The Labute approximate surface area is 160 Å². The molecule has 8 heteroatoms. The van der Waals surface area contributed by atoms with Gasteiger partial charge in [-0.15, -0.1) is 0 Å². The van der Waals surface area contributed by atoms with Crippen molar-refractivity contribution in [3.05, 3.63) is 45.9 Å². The van der Waals surface area contributed by atoms with Crippen molar-refractivity contribution in [2.75, 3.05) is 18.6 Å². The standard InChI is InChI=1S/C19H21N5O2S/c1-3-4-10-26-18-22-16(20)15-17(23-18)24(19(25)21-15)12-14-7-5-13(6-8-14)9-11-27-2/h5-9H,3-4,10,12H2,1-2H3,(H2-,20,21,22,23,25)/p+1. The molecule has 0 saturated carbocycles. The monoisotopic (exact) mass is 384 g/mol. The van der Waals surface area contributed by atoms with Gasteiger partial charge >= 0.3 is 11.7 Å². The van der Waals surface area contributed by atoms with Gasteiger partial charge in [0.05, 0.1) is 13.2 Å². The van der Waals surface area contributed by atoms with Crippen LogP contribution < -0.4 is 16.2 Å². The zero-order valence-electron chi connectivity index (χ0n) is 15.4. The average Bonchev–Trinajstić information content (AvgIpc) is 2.98. The lowest BCUT2D eigenvalue weighted by molar-refractivity contribution is 0.286. The first kappa shape index (κ1) is 18.8. The number of nitrogens with two attached hydrogens (primary N) is 1. The van der Waals surface area contributed by atoms with Gasteiger partial charge in [0.15, 0.2) is 22.7 Å². The van der Waals surface area contributed by atoms with Crippen LogP contribution in [0, 0.1) is 0 Å². The fraction of sp³-hybridized carbons (Fsp3) is 0.316. The van der Waals surface area contributed by atoms with E-state index in [1.807, 2.05) is 36.6 Å². The van der Waals surface area contributed by atoms with Crippen LogP contribution in [0.15, 0.2) is 29.1 Å². The number of benzene rings is 1. The molecule has 27 heavy (non-hydrogen) atoms. The largest absolute Gasteiger partial charge is 0.463 e. The Kier molecular flexibility index (Phi) is 6.01. The number of rotatable bonds is 7. The minimum atomic E-state index is -0.281. The first-order valence-electron chi connectivity index (χ1n) is 8.72. The maximum Gasteiger partial charge on any atom is 0.328 e. The van der Waals surface area contributed by atoms with Crippen molar-refractivity contribution in [2.45, 2.75) is 26.3 Å². The lowest BCUT2D eigenvalue weighted by Gasteiger charge is -2.07. The van der Waals surface area contributed by atoms with Crippen LogP contribution in [0.3, 0.4) is 0 Å². The summed E-state index contributed by atoms with van der Waals surface area (Å²) in [4.78, 5) is 23.6. The number of nitrogens with zero attached hydrogens (tertiary/aromatic N) is 3. The Hall–Kier alpha value is -2.96. The quantitative estimate of drug-likeness (QED) is 0.369. The molecule has 7 nitrogen and oxygen atoms in total. The molecule has 0 radical (unpaired) electrons. The summed E-state index contributed by atoms with van der Waals surface area (Å²) >= 11 is 1.52. The van der Waals surface area contributed by atoms with E-state index in [2.05, 4.69) is 26.9 Å². The average molecular weight is 384 g/mol. The highest BCUT2D eigenvalue weighted by Crippen LogP contribution is 2.19. The van der Waals surface area contributed by atoms with Crippen LogP contribution in [-0.2, 0) is 17.9 Å². The Morgan fingerprint density at radius 3 is 2.81 bits per heavy atom. The number of nitrogen functional groups attached to an aromatic ring is 1. The van der Waals surface area contributed by atoms with E-state index in [0.717, 1.165) is 24.0 Å². The number of ether oxygens (including phenoxy) is 1. The van der Waals surface area contributed by atoms with Crippen LogP contribution in [0.1, 0.15) is 30.9 Å². The van der Waals surface area contributed by atoms with Gasteiger partial charge in [0.1, 0.15) is 5.52 Å². The maximum absolute atomic E-state index is 12.4. The molecule has 0 bridgehead atoms. The molecule has 0 fully saturated rings. The first-order chi connectivity index (χ1) is 13.1. The van der Waals surface area contributed by atoms with Crippen LogP contribution in [-0.4, -0.2) is 37.4 Å². The van der Waals surface area contributed by atoms with Gasteiger partial charge in [-0.05, 0) is 17.5 Å². The van der Waals surface area contributed by atoms with Gasteiger partial charge in [-0.25, -0.2) is 4.79 Å². The maximum atomic E-state index is 12.4. The van der Waals surface area contributed by atoms with E-state index >= 15 is 0 Å². The zero-order chi connectivity index (χ0) is 19.2. The molecule has 0 atom stereocenters. The second-order valence-corrected chi connectivity index (χ2v) is 6.66. The van der Waals surface area contributed by atoms with Gasteiger partial charge < -0.3 is 15.5 Å². The summed E-state index contributed by atoms with van der Waals surface area (Å²) in [6.45, 7) is 2.96. The lowest BCUT2D eigenvalue weighted by atomic mass is 10.1. The molecule has 3 N–H and O–H groups in total. The van der Waals surface area contributed by atoms with E-state index in [1.54, 1.807) is 4.57 Å². The van der Waals surface area contributed by atoms with E-state index < -0.39 is 0 Å². The first-order valence-corrected chi connectivity index (χ1v) is 9.94. The molecule has 0 aliphatic carbocycles. The van der Waals surface area contributed by atoms with Crippen molar-refractivity contribution >= 4 is 39.4 Å². The third kappa shape index (κ3) is 4.42. The number of unbranched alkanes of at least 4 members (excludes halogenated alkanes) is 1. The Balaban J connectivity index is 1.92. The second kappa shape index (κ2) is 8.62. The molecular formula is C19H22N5O2S+. The predicted octanol–water partition coefficient (Wildman–Crippen LogP) is 2.06. The van der Waals surface area contributed by atoms with E-state index in [9.17, 15) is 4.79 Å². The van der Waals surface area contributed by atoms with Gasteiger partial charge in [-0.3, -0.25) is 4.57 Å². The van der Waals surface area contributed by atoms with Crippen LogP contribution in [0.5, 0.6) is 6.01 Å². The highest BCUT2D eigenvalue weighted by Gasteiger charge is 2.15. The van der Waals surface area contributed by atoms with E-state index in [0.29, 0.717) is 24.3 Å². The summed E-state index contributed by atoms with van der Waals surface area (Å²) in [5, 5.41) is 3.08. The van der Waals surface area contributed by atoms with Crippen molar-refractivity contribution < 1.29 is 4.74 Å². The number of imidazole rings is 1. The molecule has 3 aromatic rings. The number of hydrogen-bond acceptors (Lipinski definition) is 5. The molecule has 3 rings (SSSR count). The number of H-pyrrole nitrogens is 1. The SMILES string of the molecule is CCCCOc1nc(N)c2[nH]c(=O)n(Cc3ccc(C=C=[S+]C)cc3)c2n1. The van der Waals surface area contributed by atoms with Crippen LogP contribution >= 0.6 is 0 Å². The molecule has 0 saturated heterocycles. The normalized spacial score (nSPS) is 10.6. The predicted molar refractivity (Wildman–Crippen MR) is 111 cm³/mol. The third-order valence-electron chi connectivity index (χ3n) is 4.02. The second-order valence-electron chi connectivity index (χ2n) is 6.02. The molecule has 0 aliphatic heterocycles. The van der Waals surface area contributed by atoms with E-state index in [1.165, 1.54) is 11.4 Å². The number of hydrogen-bond donors (Lipinski definition) is 2. The molecular weight excluding hydrogens is 362 g/mol. The minimum absolute atomic E-state index is 0.189. The number of fused-ring (bicyclic) bond motifs is 1. The van der Waals surface area contributed by atoms with Gasteiger partial charge in [0.2, 0.25) is 11.4 Å². The van der Waals surface area contributed by atoms with Crippen molar-refractivity contribution in [3.8, 4) is 6.01 Å². The Bertz CT molecular complexity index is 1050. The van der Waals surface area contributed by atoms with E-state index in [-0.39, 0.29) is 17.5 Å². The number of anilines is 1. The third-order valence-corrected chi connectivity index (χ3v) is 4.38. The molecule has 0 spiro atoms. The summed E-state index contributed by atoms with van der Waals surface area (Å²) in [6.07, 6.45) is 5.78. The summed E-state index contributed by atoms with van der Waals surface area (Å²) in [5.74, 6) is 0.204. The smallest absolute Gasteiger partial charge is 0.328 e. The summed E-state index contributed by atoms with van der Waals surface area (Å²) in [7, 11) is 0. The van der Waals surface area contributed by atoms with Crippen molar-refractivity contribution in [1.29, 1.82) is 0 Å². The number of nitrogens with one attached hydrogen (secondary N) is 1. The fourth-order valence-electron chi connectivity index (χ4n) is 2.58. The highest BCUT2D eigenvalue weighted by atomic mass is 32.1. The Morgan fingerprint density at radius 2 is 2.11 bits per heavy atom. The van der Waals surface area contributed by atoms with Gasteiger partial charge in [-0.2, -0.15) is 9.97 Å². The number of aromatic amines is 1. The summed E-state index contributed by atoms with van der Waals surface area (Å²) in [5.41, 5.74) is 8.60. The van der Waals surface area contributed by atoms with Crippen molar-refractivity contribution in [1.82, 2.24) is 19.5 Å². The molecule has 2 aromatic heterocycles. The molecule has 0 aliphatic rings. The van der Waals surface area contributed by atoms with Crippen molar-refractivity contribution in [2.24, 2.45) is 0 Å². The Morgan fingerprint density at radius 1 is 1.33 bits per heavy atom. The minimum Gasteiger partial charge on any atom is -0.463 e. The molecule has 0 unspecified atom stereocenters. The molecule has 0 amide bonds. The van der Waals surface area contributed by atoms with E-state index in [4.69, 9.17) is 10.5 Å². The van der Waals surface area contributed by atoms with Gasteiger partial charge in [0, 0.05) is 6.08 Å². The number of aromatic nitrogens is 4. The summed E-state index contributed by atoms with van der Waals surface area (Å²) < 4.78 is 7.10. The van der Waals surface area contributed by atoms with Crippen LogP contribution in [0.2, 0.25) is 0 Å². The molecule has 140 valence electrons. The summed E-state index contributed by atoms with van der Waals surface area (Å²) in [6, 6.07) is 8.11. The van der Waals surface area contributed by atoms with Gasteiger partial charge in [0.25, 0.3) is 0 Å². The topological polar surface area (TPSA) is 98.8 Å². The van der Waals surface area contributed by atoms with Gasteiger partial charge in [-0.1, -0.05) is 37.6 Å². The fourth-order valence-corrected chi connectivity index (χ4v) is 2.83. The highest BCUT2D eigenvalue weighted by molar-refractivity contribution is 7.76. The van der Waals surface area contributed by atoms with Crippen molar-refractivity contribution in [3.63, 3.8) is 0 Å². The van der Waals surface area contributed by atoms with Crippen LogP contribution in [0.4, 0.5) is 5.82 Å². The zero-order valence-corrected chi connectivity index (χ0v) is 16.2. The molecule has 1 aromatic carbocycles.